The van der Waals surface area contributed by atoms with Crippen LogP contribution in [0, 0.1) is 6.92 Å². The first kappa shape index (κ1) is 25.5. The molecule has 0 spiro atoms. The third-order valence-corrected chi connectivity index (χ3v) is 7.73. The summed E-state index contributed by atoms with van der Waals surface area (Å²) in [5.74, 6) is 0. The number of nitrogens with zero attached hydrogens (tertiary/aromatic N) is 3. The quantitative estimate of drug-likeness (QED) is 0.239. The maximum absolute atomic E-state index is 5.50. The molecule has 0 bridgehead atoms. The number of benzene rings is 4. The summed E-state index contributed by atoms with van der Waals surface area (Å²) in [5, 5.41) is 7.60. The molecule has 4 nitrogen and oxygen atoms in total. The van der Waals surface area contributed by atoms with Gasteiger partial charge in [0, 0.05) is 30.6 Å². The molecule has 0 N–H and O–H groups in total. The van der Waals surface area contributed by atoms with Crippen molar-refractivity contribution in [3.8, 4) is 28.1 Å². The molecule has 4 aromatic carbocycles. The number of fused-ring (bicyclic) bond motifs is 1. The van der Waals surface area contributed by atoms with Gasteiger partial charge in [0.2, 0.25) is 0 Å². The lowest BCUT2D eigenvalue weighted by Crippen LogP contribution is -2.35. The molecule has 0 atom stereocenters. The smallest absolute Gasteiger partial charge is 0.0750 e. The number of aromatic nitrogens is 2. The van der Waals surface area contributed by atoms with Crippen LogP contribution >= 0.6 is 0 Å². The Labute approximate surface area is 231 Å². The minimum atomic E-state index is -0.0522. The van der Waals surface area contributed by atoms with Crippen LogP contribution in [0.1, 0.15) is 37.6 Å². The largest absolute Gasteiger partial charge is 0.379 e. The third-order valence-electron chi connectivity index (χ3n) is 7.73. The molecule has 2 heterocycles. The van der Waals surface area contributed by atoms with E-state index in [1.54, 1.807) is 0 Å². The van der Waals surface area contributed by atoms with Crippen LogP contribution in [-0.4, -0.2) is 41.0 Å². The fourth-order valence-corrected chi connectivity index (χ4v) is 5.40. The highest BCUT2D eigenvalue weighted by Gasteiger charge is 2.22. The average Bonchev–Trinajstić information content (AvgIpc) is 3.40. The maximum atomic E-state index is 5.50. The van der Waals surface area contributed by atoms with Crippen LogP contribution in [0.5, 0.6) is 0 Å². The van der Waals surface area contributed by atoms with Crippen molar-refractivity contribution in [3.63, 3.8) is 0 Å². The lowest BCUT2D eigenvalue weighted by Gasteiger charge is -2.26. The standard InChI is InChI=1S/C35H37N3O/c1-25-9-15-28(16-10-25)38-33(23-34(36-38)35(2,3)4)32-18-17-29(30-7-5-6-8-31(30)32)27-13-11-26(12-14-27)24-37-19-21-39-22-20-37/h5-18,23H,19-22,24H2,1-4H3. The highest BCUT2D eigenvalue weighted by molar-refractivity contribution is 6.04. The molecule has 1 aromatic heterocycles. The van der Waals surface area contributed by atoms with E-state index in [1.807, 2.05) is 0 Å². The predicted molar refractivity (Wildman–Crippen MR) is 161 cm³/mol. The molecule has 0 unspecified atom stereocenters. The zero-order valence-electron chi connectivity index (χ0n) is 23.4. The normalized spacial score (nSPS) is 14.7. The Morgan fingerprint density at radius 2 is 1.41 bits per heavy atom. The van der Waals surface area contributed by atoms with Crippen LogP contribution < -0.4 is 0 Å². The molecule has 0 radical (unpaired) electrons. The molecule has 0 amide bonds. The minimum absolute atomic E-state index is 0.0522. The Bertz CT molecular complexity index is 1580. The lowest BCUT2D eigenvalue weighted by atomic mass is 9.90. The van der Waals surface area contributed by atoms with Gasteiger partial charge in [-0.1, -0.05) is 99.1 Å². The zero-order valence-corrected chi connectivity index (χ0v) is 23.4. The molecule has 1 aliphatic heterocycles. The maximum Gasteiger partial charge on any atom is 0.0750 e. The van der Waals surface area contributed by atoms with E-state index in [2.05, 4.69) is 128 Å². The summed E-state index contributed by atoms with van der Waals surface area (Å²) in [6.45, 7) is 13.4. The van der Waals surface area contributed by atoms with E-state index in [9.17, 15) is 0 Å². The van der Waals surface area contributed by atoms with Gasteiger partial charge < -0.3 is 4.74 Å². The second-order valence-electron chi connectivity index (χ2n) is 11.7. The summed E-state index contributed by atoms with van der Waals surface area (Å²) in [6.07, 6.45) is 0. The molecule has 1 aliphatic rings. The molecule has 0 saturated carbocycles. The molecule has 4 heteroatoms. The topological polar surface area (TPSA) is 30.3 Å². The minimum Gasteiger partial charge on any atom is -0.379 e. The Morgan fingerprint density at radius 3 is 2.08 bits per heavy atom. The average molecular weight is 516 g/mol. The summed E-state index contributed by atoms with van der Waals surface area (Å²) in [5.41, 5.74) is 9.51. The Balaban J connectivity index is 1.42. The van der Waals surface area contributed by atoms with E-state index < -0.39 is 0 Å². The second-order valence-corrected chi connectivity index (χ2v) is 11.7. The highest BCUT2D eigenvalue weighted by atomic mass is 16.5. The van der Waals surface area contributed by atoms with Gasteiger partial charge in [-0.05, 0) is 52.6 Å². The van der Waals surface area contributed by atoms with E-state index >= 15 is 0 Å². The summed E-state index contributed by atoms with van der Waals surface area (Å²) < 4.78 is 7.62. The number of hydrogen-bond donors (Lipinski definition) is 0. The SMILES string of the molecule is Cc1ccc(-n2nc(C(C)(C)C)cc2-c2ccc(-c3ccc(CN4CCOCC4)cc3)c3ccccc23)cc1. The monoisotopic (exact) mass is 515 g/mol. The second kappa shape index (κ2) is 10.4. The molecular weight excluding hydrogens is 478 g/mol. The van der Waals surface area contributed by atoms with Crippen molar-refractivity contribution in [2.24, 2.45) is 0 Å². The molecule has 198 valence electrons. The Kier molecular flexibility index (Phi) is 6.84. The Morgan fingerprint density at radius 1 is 0.769 bits per heavy atom. The van der Waals surface area contributed by atoms with Gasteiger partial charge in [0.1, 0.15) is 0 Å². The first-order valence-corrected chi connectivity index (χ1v) is 14.0. The van der Waals surface area contributed by atoms with Gasteiger partial charge in [0.05, 0.1) is 30.3 Å². The lowest BCUT2D eigenvalue weighted by molar-refractivity contribution is 0.0342. The number of morpholine rings is 1. The third kappa shape index (κ3) is 5.27. The van der Waals surface area contributed by atoms with Gasteiger partial charge in [-0.3, -0.25) is 4.90 Å². The molecule has 6 rings (SSSR count). The zero-order chi connectivity index (χ0) is 27.0. The molecular formula is C35H37N3O. The van der Waals surface area contributed by atoms with Crippen LogP contribution in [0.15, 0.2) is 91.0 Å². The van der Waals surface area contributed by atoms with Crippen LogP contribution in [0.25, 0.3) is 38.8 Å². The summed E-state index contributed by atoms with van der Waals surface area (Å²) in [4.78, 5) is 2.46. The number of rotatable bonds is 5. The van der Waals surface area contributed by atoms with Crippen molar-refractivity contribution in [3.05, 3.63) is 108 Å². The fraction of sp³-hybridized carbons (Fsp3) is 0.286. The van der Waals surface area contributed by atoms with Crippen LogP contribution in [0.3, 0.4) is 0 Å². The van der Waals surface area contributed by atoms with Crippen molar-refractivity contribution in [1.29, 1.82) is 0 Å². The van der Waals surface area contributed by atoms with E-state index in [0.29, 0.717) is 0 Å². The van der Waals surface area contributed by atoms with E-state index in [0.717, 1.165) is 49.9 Å². The van der Waals surface area contributed by atoms with E-state index in [-0.39, 0.29) is 5.41 Å². The summed E-state index contributed by atoms with van der Waals surface area (Å²) in [6, 6.07) is 33.3. The van der Waals surface area contributed by atoms with Crippen molar-refractivity contribution >= 4 is 10.8 Å². The number of aryl methyl sites for hydroxylation is 1. The van der Waals surface area contributed by atoms with Crippen LogP contribution in [0.2, 0.25) is 0 Å². The predicted octanol–water partition coefficient (Wildman–Crippen LogP) is 7.80. The van der Waals surface area contributed by atoms with Gasteiger partial charge in [0.15, 0.2) is 0 Å². The molecule has 39 heavy (non-hydrogen) atoms. The van der Waals surface area contributed by atoms with Crippen molar-refractivity contribution in [2.75, 3.05) is 26.3 Å². The molecule has 1 fully saturated rings. The Hall–Kier alpha value is -3.73. The fourth-order valence-electron chi connectivity index (χ4n) is 5.40. The van der Waals surface area contributed by atoms with Crippen molar-refractivity contribution in [2.45, 2.75) is 39.7 Å². The van der Waals surface area contributed by atoms with Gasteiger partial charge in [-0.15, -0.1) is 0 Å². The van der Waals surface area contributed by atoms with Gasteiger partial charge >= 0.3 is 0 Å². The van der Waals surface area contributed by atoms with Gasteiger partial charge in [-0.2, -0.15) is 5.10 Å². The first-order chi connectivity index (χ1) is 18.9. The molecule has 5 aromatic rings. The summed E-state index contributed by atoms with van der Waals surface area (Å²) >= 11 is 0. The molecule has 0 aliphatic carbocycles. The first-order valence-electron chi connectivity index (χ1n) is 14.0. The highest BCUT2D eigenvalue weighted by Crippen LogP contribution is 2.38. The van der Waals surface area contributed by atoms with Gasteiger partial charge in [0.25, 0.3) is 0 Å². The number of ether oxygens (including phenoxy) is 1. The molecule has 1 saturated heterocycles. The van der Waals surface area contributed by atoms with Crippen LogP contribution in [0.4, 0.5) is 0 Å². The number of hydrogen-bond acceptors (Lipinski definition) is 3. The summed E-state index contributed by atoms with van der Waals surface area (Å²) in [7, 11) is 0. The van der Waals surface area contributed by atoms with Gasteiger partial charge in [-0.25, -0.2) is 4.68 Å². The van der Waals surface area contributed by atoms with E-state index in [4.69, 9.17) is 9.84 Å². The van der Waals surface area contributed by atoms with E-state index in [1.165, 1.54) is 38.6 Å². The van der Waals surface area contributed by atoms with Crippen molar-refractivity contribution in [1.82, 2.24) is 14.7 Å². The van der Waals surface area contributed by atoms with Crippen LogP contribution in [-0.2, 0) is 16.7 Å². The van der Waals surface area contributed by atoms with Crippen molar-refractivity contribution < 1.29 is 4.74 Å².